The van der Waals surface area contributed by atoms with Crippen LogP contribution in [0.2, 0.25) is 0 Å². The van der Waals surface area contributed by atoms with E-state index >= 15 is 0 Å². The fourth-order valence-corrected chi connectivity index (χ4v) is 20.2. The molecule has 0 fully saturated rings. The van der Waals surface area contributed by atoms with Crippen molar-refractivity contribution in [3.8, 4) is 0 Å². The summed E-state index contributed by atoms with van der Waals surface area (Å²) in [5.41, 5.74) is 0. The van der Waals surface area contributed by atoms with E-state index in [0.717, 1.165) is 0 Å². The minimum Gasteiger partial charge on any atom is -0.418 e. The number of halogens is 4. The first-order valence-electron chi connectivity index (χ1n) is 7.87. The summed E-state index contributed by atoms with van der Waals surface area (Å²) >= 11 is 0. The van der Waals surface area contributed by atoms with Crippen LogP contribution in [0.15, 0.2) is 0 Å². The first-order chi connectivity index (χ1) is 9.00. The van der Waals surface area contributed by atoms with Gasteiger partial charge in [0.15, 0.2) is 0 Å². The molecule has 0 aromatic carbocycles. The first-order valence-corrected chi connectivity index (χ1v) is 9.87. The third kappa shape index (κ3) is 5.69. The number of rotatable bonds is 0. The second-order valence-electron chi connectivity index (χ2n) is 10.2. The van der Waals surface area contributed by atoms with Gasteiger partial charge in [-0.3, -0.25) is 0 Å². The minimum atomic E-state index is -6.00. The van der Waals surface area contributed by atoms with Gasteiger partial charge >= 0.3 is 118 Å². The molecule has 0 heterocycles. The maximum Gasteiger partial charge on any atom is 0.673 e. The first kappa shape index (κ1) is 24.5. The average molecular weight is 347 g/mol. The summed E-state index contributed by atoms with van der Waals surface area (Å²) < 4.78 is 39.0. The van der Waals surface area contributed by atoms with Crippen LogP contribution in [0, 0.1) is 0 Å². The van der Waals surface area contributed by atoms with Gasteiger partial charge in [0.1, 0.15) is 0 Å². The van der Waals surface area contributed by atoms with Gasteiger partial charge in [0.05, 0.1) is 0 Å². The maximum absolute atomic E-state index is 9.75. The van der Waals surface area contributed by atoms with Crippen LogP contribution < -0.4 is 0 Å². The average Bonchev–Trinajstić information content (AvgIpc) is 1.83. The zero-order valence-electron chi connectivity index (χ0n) is 16.6. The molecule has 6 heteroatoms. The smallest absolute Gasteiger partial charge is 0.418 e. The van der Waals surface area contributed by atoms with Gasteiger partial charge < -0.3 is 17.3 Å². The minimum absolute atomic E-state index is 0.405. The van der Waals surface area contributed by atoms with Crippen LogP contribution in [0.25, 0.3) is 0 Å². The van der Waals surface area contributed by atoms with Crippen molar-refractivity contribution < 1.29 is 17.3 Å². The molecule has 0 saturated carbocycles. The fourth-order valence-electron chi connectivity index (χ4n) is 6.75. The molecule has 0 aromatic rings. The summed E-state index contributed by atoms with van der Waals surface area (Å²) in [7, 11) is -7.60. The van der Waals surface area contributed by atoms with E-state index in [-0.39, 0.29) is 0 Å². The molecule has 0 rings (SSSR count). The Labute approximate surface area is 136 Å². The van der Waals surface area contributed by atoms with E-state index in [2.05, 4.69) is 83.1 Å². The van der Waals surface area contributed by atoms with Gasteiger partial charge in [-0.1, -0.05) is 0 Å². The quantitative estimate of drug-likeness (QED) is 0.246. The molecule has 138 valence electrons. The summed E-state index contributed by atoms with van der Waals surface area (Å²) in [6.45, 7) is 29.7. The van der Waals surface area contributed by atoms with Crippen molar-refractivity contribution in [1.82, 2.24) is 0 Å². The molecular weight excluding hydrogens is 310 g/mol. The monoisotopic (exact) mass is 347 g/mol. The molecule has 0 unspecified atom stereocenters. The van der Waals surface area contributed by atoms with Gasteiger partial charge in [0, 0.05) is 0 Å². The largest absolute Gasteiger partial charge is 0.673 e. The van der Waals surface area contributed by atoms with E-state index in [4.69, 9.17) is 0 Å². The molecule has 0 aliphatic rings. The molecule has 0 atom stereocenters. The summed E-state index contributed by atoms with van der Waals surface area (Å²) in [6.07, 6.45) is 0. The molecule has 0 saturated heterocycles. The molecule has 22 heavy (non-hydrogen) atoms. The SMILES string of the molecule is CC(C)(C)[PH](C(C)(C)C)(C(C)(C)C)C(C)(C)C.F[B-](F)(F)F. The summed E-state index contributed by atoms with van der Waals surface area (Å²) in [5.74, 6) is 0. The molecule has 0 amide bonds. The van der Waals surface area contributed by atoms with Crippen molar-refractivity contribution in [1.29, 1.82) is 0 Å². The second kappa shape index (κ2) is 6.61. The van der Waals surface area contributed by atoms with Gasteiger partial charge in [-0.05, 0) is 0 Å². The van der Waals surface area contributed by atoms with Crippen LogP contribution in [-0.2, 0) is 0 Å². The van der Waals surface area contributed by atoms with Gasteiger partial charge in [-0.25, -0.2) is 0 Å². The van der Waals surface area contributed by atoms with Crippen LogP contribution in [0.1, 0.15) is 83.1 Å². The Hall–Kier alpha value is 0.215. The van der Waals surface area contributed by atoms with Crippen molar-refractivity contribution >= 4 is 14.5 Å². The molecule has 0 spiro atoms. The molecule has 0 aliphatic carbocycles. The zero-order chi connectivity index (χ0) is 19.0. The number of hydrogen-bond acceptors (Lipinski definition) is 0. The van der Waals surface area contributed by atoms with Crippen LogP contribution in [0.5, 0.6) is 0 Å². The third-order valence-electron chi connectivity index (χ3n) is 4.50. The van der Waals surface area contributed by atoms with Gasteiger partial charge in [-0.15, -0.1) is 0 Å². The van der Waals surface area contributed by atoms with E-state index in [0.29, 0.717) is 20.6 Å². The Morgan fingerprint density at radius 3 is 0.545 bits per heavy atom. The van der Waals surface area contributed by atoms with Crippen molar-refractivity contribution in [3.05, 3.63) is 0 Å². The van der Waals surface area contributed by atoms with Crippen molar-refractivity contribution in [2.45, 2.75) is 104 Å². The van der Waals surface area contributed by atoms with Crippen molar-refractivity contribution in [2.75, 3.05) is 0 Å². The molecule has 0 N–H and O–H groups in total. The van der Waals surface area contributed by atoms with Crippen LogP contribution in [-0.4, -0.2) is 27.9 Å². The maximum atomic E-state index is 9.75. The molecular formula is C16H37BF4P-. The van der Waals surface area contributed by atoms with E-state index in [1.807, 2.05) is 0 Å². The van der Waals surface area contributed by atoms with Crippen LogP contribution >= 0.6 is 7.26 Å². The Balaban J connectivity index is 0. The van der Waals surface area contributed by atoms with Gasteiger partial charge in [0.25, 0.3) is 0 Å². The third-order valence-corrected chi connectivity index (χ3v) is 13.5. The fraction of sp³-hybridized carbons (Fsp3) is 1.00. The summed E-state index contributed by atoms with van der Waals surface area (Å²) in [4.78, 5) is 0. The summed E-state index contributed by atoms with van der Waals surface area (Å²) in [5, 5.41) is 1.62. The van der Waals surface area contributed by atoms with Crippen LogP contribution in [0.3, 0.4) is 0 Å². The molecule has 0 radical (unpaired) electrons. The standard InChI is InChI=1S/C16H37P.BF4/c1-13(2,3)17(14(4,5)6,15(7,8)9)16(10,11)12;2-1(3,4)5/h17H,1-12H3;/q;-1. The predicted molar refractivity (Wildman–Crippen MR) is 97.5 cm³/mol. The van der Waals surface area contributed by atoms with E-state index in [9.17, 15) is 17.3 Å². The molecule has 0 nitrogen and oxygen atoms in total. The second-order valence-corrected chi connectivity index (χ2v) is 17.7. The summed E-state index contributed by atoms with van der Waals surface area (Å²) in [6, 6.07) is 0. The molecule has 0 bridgehead atoms. The van der Waals surface area contributed by atoms with Crippen molar-refractivity contribution in [2.24, 2.45) is 0 Å². The Bertz CT molecular complexity index is 281. The molecule has 0 aliphatic heterocycles. The zero-order valence-corrected chi connectivity index (χ0v) is 17.6. The Kier molecular flexibility index (Phi) is 7.35. The number of hydrogen-bond donors (Lipinski definition) is 0. The molecule has 0 aromatic heterocycles. The Morgan fingerprint density at radius 2 is 0.545 bits per heavy atom. The van der Waals surface area contributed by atoms with E-state index in [1.54, 1.807) is 0 Å². The topological polar surface area (TPSA) is 0 Å². The van der Waals surface area contributed by atoms with Crippen LogP contribution in [0.4, 0.5) is 17.3 Å². The predicted octanol–water partition coefficient (Wildman–Crippen LogP) is 7.23. The van der Waals surface area contributed by atoms with Gasteiger partial charge in [-0.2, -0.15) is 0 Å². The van der Waals surface area contributed by atoms with Crippen molar-refractivity contribution in [3.63, 3.8) is 0 Å². The Morgan fingerprint density at radius 1 is 0.455 bits per heavy atom. The van der Waals surface area contributed by atoms with Gasteiger partial charge in [0.2, 0.25) is 0 Å². The van der Waals surface area contributed by atoms with E-state index < -0.39 is 14.5 Å². The van der Waals surface area contributed by atoms with E-state index in [1.165, 1.54) is 0 Å². The normalized spacial score (nSPS) is 16.0.